The minimum Gasteiger partial charge on any atom is -0.397 e. The van der Waals surface area contributed by atoms with Crippen LogP contribution in [0.25, 0.3) is 0 Å². The molecule has 1 heterocycles. The third-order valence-corrected chi connectivity index (χ3v) is 3.68. The summed E-state index contributed by atoms with van der Waals surface area (Å²) in [6, 6.07) is 1.76. The molecule has 0 atom stereocenters. The molecule has 1 rings (SSSR count). The Morgan fingerprint density at radius 2 is 2.06 bits per heavy atom. The zero-order valence-electron chi connectivity index (χ0n) is 12.2. The van der Waals surface area contributed by atoms with E-state index < -0.39 is 0 Å². The summed E-state index contributed by atoms with van der Waals surface area (Å²) >= 11 is 0. The number of aromatic nitrogens is 1. The van der Waals surface area contributed by atoms with Crippen molar-refractivity contribution in [3.63, 3.8) is 0 Å². The highest BCUT2D eigenvalue weighted by molar-refractivity contribution is 5.94. The molecule has 0 radical (unpaired) electrons. The van der Waals surface area contributed by atoms with Crippen molar-refractivity contribution < 1.29 is 4.79 Å². The zero-order valence-corrected chi connectivity index (χ0v) is 12.2. The summed E-state index contributed by atoms with van der Waals surface area (Å²) < 4.78 is 1.94. The standard InChI is InChI=1S/C14H25N3O/c1-6-8-17-10-11(15)9-12(17)13(18)16(5)14(3,4)7-2/h9-10H,6-8,15H2,1-5H3. The van der Waals surface area contributed by atoms with Gasteiger partial charge in [0.15, 0.2) is 0 Å². The number of nitrogens with zero attached hydrogens (tertiary/aromatic N) is 2. The molecule has 18 heavy (non-hydrogen) atoms. The molecule has 0 fully saturated rings. The Morgan fingerprint density at radius 3 is 2.56 bits per heavy atom. The Labute approximate surface area is 110 Å². The van der Waals surface area contributed by atoms with Gasteiger partial charge in [-0.05, 0) is 32.8 Å². The molecule has 2 N–H and O–H groups in total. The maximum absolute atomic E-state index is 12.5. The molecule has 0 aliphatic rings. The first-order valence-electron chi connectivity index (χ1n) is 6.57. The smallest absolute Gasteiger partial charge is 0.270 e. The molecule has 0 saturated carbocycles. The van der Waals surface area contributed by atoms with Crippen LogP contribution in [0.5, 0.6) is 0 Å². The highest BCUT2D eigenvalue weighted by atomic mass is 16.2. The number of anilines is 1. The molecule has 4 heteroatoms. The van der Waals surface area contributed by atoms with E-state index in [-0.39, 0.29) is 11.4 Å². The van der Waals surface area contributed by atoms with E-state index in [9.17, 15) is 4.79 Å². The van der Waals surface area contributed by atoms with Crippen molar-refractivity contribution in [1.82, 2.24) is 9.47 Å². The molecule has 4 nitrogen and oxygen atoms in total. The van der Waals surface area contributed by atoms with Gasteiger partial charge in [0.25, 0.3) is 5.91 Å². The van der Waals surface area contributed by atoms with Gasteiger partial charge in [-0.1, -0.05) is 13.8 Å². The number of nitrogens with two attached hydrogens (primary N) is 1. The Hall–Kier alpha value is -1.45. The summed E-state index contributed by atoms with van der Waals surface area (Å²) in [4.78, 5) is 14.3. The third-order valence-electron chi connectivity index (χ3n) is 3.68. The Bertz CT molecular complexity index is 421. The Kier molecular flexibility index (Phi) is 4.43. The molecular weight excluding hydrogens is 226 g/mol. The van der Waals surface area contributed by atoms with Gasteiger partial charge in [0.1, 0.15) is 5.69 Å². The van der Waals surface area contributed by atoms with E-state index in [1.54, 1.807) is 11.0 Å². The fourth-order valence-electron chi connectivity index (χ4n) is 1.82. The summed E-state index contributed by atoms with van der Waals surface area (Å²) in [7, 11) is 1.85. The van der Waals surface area contributed by atoms with Gasteiger partial charge in [-0.2, -0.15) is 0 Å². The highest BCUT2D eigenvalue weighted by Crippen LogP contribution is 2.21. The van der Waals surface area contributed by atoms with Gasteiger partial charge in [-0.25, -0.2) is 0 Å². The molecule has 1 amide bonds. The van der Waals surface area contributed by atoms with Crippen LogP contribution < -0.4 is 5.73 Å². The number of hydrogen-bond donors (Lipinski definition) is 1. The molecule has 0 aromatic carbocycles. The van der Waals surface area contributed by atoms with E-state index in [4.69, 9.17) is 5.73 Å². The number of carbonyl (C=O) groups excluding carboxylic acids is 1. The average molecular weight is 251 g/mol. The molecule has 0 aliphatic heterocycles. The van der Waals surface area contributed by atoms with E-state index in [0.717, 1.165) is 19.4 Å². The molecule has 1 aromatic heterocycles. The summed E-state index contributed by atoms with van der Waals surface area (Å²) in [6.45, 7) is 9.13. The Balaban J connectivity index is 3.03. The van der Waals surface area contributed by atoms with Gasteiger partial charge in [0, 0.05) is 25.3 Å². The van der Waals surface area contributed by atoms with Crippen molar-refractivity contribution in [1.29, 1.82) is 0 Å². The first-order valence-corrected chi connectivity index (χ1v) is 6.57. The lowest BCUT2D eigenvalue weighted by atomic mass is 9.99. The SMILES string of the molecule is CCCn1cc(N)cc1C(=O)N(C)C(C)(C)CC. The van der Waals surface area contributed by atoms with Crippen LogP contribution in [0.4, 0.5) is 5.69 Å². The largest absolute Gasteiger partial charge is 0.397 e. The van der Waals surface area contributed by atoms with E-state index in [1.807, 2.05) is 17.8 Å². The minimum absolute atomic E-state index is 0.0343. The second-order valence-corrected chi connectivity index (χ2v) is 5.38. The number of rotatable bonds is 5. The predicted molar refractivity (Wildman–Crippen MR) is 75.6 cm³/mol. The predicted octanol–water partition coefficient (Wildman–Crippen LogP) is 2.74. The lowest BCUT2D eigenvalue weighted by Crippen LogP contribution is -2.45. The average Bonchev–Trinajstić information content (AvgIpc) is 2.69. The number of aryl methyl sites for hydroxylation is 1. The van der Waals surface area contributed by atoms with Crippen LogP contribution >= 0.6 is 0 Å². The van der Waals surface area contributed by atoms with Gasteiger partial charge in [-0.15, -0.1) is 0 Å². The van der Waals surface area contributed by atoms with Crippen LogP contribution in [-0.2, 0) is 6.54 Å². The molecular formula is C14H25N3O. The van der Waals surface area contributed by atoms with Crippen LogP contribution in [0.1, 0.15) is 51.0 Å². The maximum atomic E-state index is 12.5. The second-order valence-electron chi connectivity index (χ2n) is 5.38. The summed E-state index contributed by atoms with van der Waals surface area (Å²) in [5.74, 6) is 0.0343. The Morgan fingerprint density at radius 1 is 1.44 bits per heavy atom. The van der Waals surface area contributed by atoms with Crippen LogP contribution in [-0.4, -0.2) is 28.0 Å². The highest BCUT2D eigenvalue weighted by Gasteiger charge is 2.28. The quantitative estimate of drug-likeness (QED) is 0.874. The first kappa shape index (κ1) is 14.6. The van der Waals surface area contributed by atoms with Crippen molar-refractivity contribution in [2.24, 2.45) is 0 Å². The second kappa shape index (κ2) is 5.46. The van der Waals surface area contributed by atoms with E-state index >= 15 is 0 Å². The van der Waals surface area contributed by atoms with Crippen molar-refractivity contribution in [3.05, 3.63) is 18.0 Å². The molecule has 0 unspecified atom stereocenters. The van der Waals surface area contributed by atoms with E-state index in [0.29, 0.717) is 11.4 Å². The van der Waals surface area contributed by atoms with Gasteiger partial charge in [0.05, 0.1) is 5.69 Å². The number of carbonyl (C=O) groups is 1. The van der Waals surface area contributed by atoms with Gasteiger partial charge >= 0.3 is 0 Å². The van der Waals surface area contributed by atoms with Gasteiger partial charge in [0.2, 0.25) is 0 Å². The van der Waals surface area contributed by atoms with Crippen LogP contribution in [0.15, 0.2) is 12.3 Å². The molecule has 0 saturated heterocycles. The van der Waals surface area contributed by atoms with Crippen molar-refractivity contribution in [3.8, 4) is 0 Å². The number of amides is 1. The fourth-order valence-corrected chi connectivity index (χ4v) is 1.82. The minimum atomic E-state index is -0.146. The van der Waals surface area contributed by atoms with Crippen molar-refractivity contribution in [2.45, 2.75) is 52.6 Å². The van der Waals surface area contributed by atoms with Crippen molar-refractivity contribution in [2.75, 3.05) is 12.8 Å². The summed E-state index contributed by atoms with van der Waals surface area (Å²) in [5, 5.41) is 0. The molecule has 0 spiro atoms. The zero-order chi connectivity index (χ0) is 13.9. The molecule has 0 bridgehead atoms. The van der Waals surface area contributed by atoms with Crippen molar-refractivity contribution >= 4 is 11.6 Å². The monoisotopic (exact) mass is 251 g/mol. The first-order chi connectivity index (χ1) is 8.33. The normalized spacial score (nSPS) is 11.6. The maximum Gasteiger partial charge on any atom is 0.270 e. The van der Waals surface area contributed by atoms with Gasteiger partial charge in [-0.3, -0.25) is 4.79 Å². The fraction of sp³-hybridized carbons (Fsp3) is 0.643. The van der Waals surface area contributed by atoms with Crippen LogP contribution in [0.3, 0.4) is 0 Å². The van der Waals surface area contributed by atoms with E-state index in [2.05, 4.69) is 27.7 Å². The molecule has 1 aromatic rings. The number of nitrogen functional groups attached to an aromatic ring is 1. The lowest BCUT2D eigenvalue weighted by Gasteiger charge is -2.35. The molecule has 102 valence electrons. The summed E-state index contributed by atoms with van der Waals surface area (Å²) in [5.41, 5.74) is 6.98. The summed E-state index contributed by atoms with van der Waals surface area (Å²) in [6.07, 6.45) is 3.73. The third kappa shape index (κ3) is 2.86. The number of hydrogen-bond acceptors (Lipinski definition) is 2. The van der Waals surface area contributed by atoms with Gasteiger partial charge < -0.3 is 15.2 Å². The topological polar surface area (TPSA) is 51.3 Å². The van der Waals surface area contributed by atoms with Crippen LogP contribution in [0, 0.1) is 0 Å². The lowest BCUT2D eigenvalue weighted by molar-refractivity contribution is 0.0609. The van der Waals surface area contributed by atoms with E-state index in [1.165, 1.54) is 0 Å². The molecule has 0 aliphatic carbocycles. The van der Waals surface area contributed by atoms with Crippen LogP contribution in [0.2, 0.25) is 0 Å².